The highest BCUT2D eigenvalue weighted by Crippen LogP contribution is 2.24. The van der Waals surface area contributed by atoms with Crippen LogP contribution in [0.3, 0.4) is 0 Å². The van der Waals surface area contributed by atoms with Crippen molar-refractivity contribution in [3.8, 4) is 0 Å². The van der Waals surface area contributed by atoms with Gasteiger partial charge in [0.2, 0.25) is 0 Å². The van der Waals surface area contributed by atoms with E-state index in [-0.39, 0.29) is 11.9 Å². The largest absolute Gasteiger partial charge is 0.313 e. The van der Waals surface area contributed by atoms with Crippen LogP contribution in [0.1, 0.15) is 17.2 Å². The Balaban J connectivity index is 2.26. The molecule has 0 aliphatic carbocycles. The second-order valence-electron chi connectivity index (χ2n) is 4.16. The Bertz CT molecular complexity index is 527. The summed E-state index contributed by atoms with van der Waals surface area (Å²) >= 11 is 6.13. The second-order valence-corrected chi connectivity index (χ2v) is 4.57. The van der Waals surface area contributed by atoms with Gasteiger partial charge in [-0.05, 0) is 31.2 Å². The number of nitrogens with one attached hydrogen (secondary N) is 1. The number of rotatable bonds is 4. The van der Waals surface area contributed by atoms with Gasteiger partial charge in [-0.2, -0.15) is 0 Å². The summed E-state index contributed by atoms with van der Waals surface area (Å²) in [6, 6.07) is 14.4. The standard InChI is InChI=1S/C15H15ClFN/c1-18-15(12-7-3-5-9-14(12)17)10-11-6-2-4-8-13(11)16/h2-9,15,18H,10H2,1H3. The minimum atomic E-state index is -0.191. The van der Waals surface area contributed by atoms with Crippen molar-refractivity contribution in [3.05, 3.63) is 70.5 Å². The molecular weight excluding hydrogens is 249 g/mol. The maximum Gasteiger partial charge on any atom is 0.127 e. The molecule has 94 valence electrons. The predicted octanol–water partition coefficient (Wildman–Crippen LogP) is 3.98. The van der Waals surface area contributed by atoms with Crippen LogP contribution in [0, 0.1) is 5.82 Å². The lowest BCUT2D eigenvalue weighted by atomic mass is 9.98. The van der Waals surface area contributed by atoms with Gasteiger partial charge < -0.3 is 5.32 Å². The molecule has 2 aromatic carbocycles. The van der Waals surface area contributed by atoms with E-state index >= 15 is 0 Å². The third-order valence-corrected chi connectivity index (χ3v) is 3.38. The fraction of sp³-hybridized carbons (Fsp3) is 0.200. The van der Waals surface area contributed by atoms with E-state index in [1.807, 2.05) is 37.4 Å². The van der Waals surface area contributed by atoms with E-state index in [0.717, 1.165) is 5.56 Å². The lowest BCUT2D eigenvalue weighted by Crippen LogP contribution is -2.20. The van der Waals surface area contributed by atoms with Gasteiger partial charge in [0, 0.05) is 16.6 Å². The van der Waals surface area contributed by atoms with E-state index < -0.39 is 0 Å². The molecule has 0 aromatic heterocycles. The highest BCUT2D eigenvalue weighted by atomic mass is 35.5. The molecule has 0 spiro atoms. The molecule has 1 nitrogen and oxygen atoms in total. The molecule has 2 aromatic rings. The molecule has 0 radical (unpaired) electrons. The quantitative estimate of drug-likeness (QED) is 0.880. The van der Waals surface area contributed by atoms with Crippen molar-refractivity contribution in [2.45, 2.75) is 12.5 Å². The van der Waals surface area contributed by atoms with Crippen LogP contribution in [-0.2, 0) is 6.42 Å². The van der Waals surface area contributed by atoms with E-state index in [9.17, 15) is 4.39 Å². The van der Waals surface area contributed by atoms with E-state index in [4.69, 9.17) is 11.6 Å². The van der Waals surface area contributed by atoms with Crippen LogP contribution in [0.4, 0.5) is 4.39 Å². The molecule has 3 heteroatoms. The molecule has 1 unspecified atom stereocenters. The van der Waals surface area contributed by atoms with Crippen molar-refractivity contribution in [2.75, 3.05) is 7.05 Å². The Morgan fingerprint density at radius 2 is 1.78 bits per heavy atom. The molecule has 0 fully saturated rings. The minimum Gasteiger partial charge on any atom is -0.313 e. The second kappa shape index (κ2) is 5.98. The molecule has 0 saturated carbocycles. The number of hydrogen-bond acceptors (Lipinski definition) is 1. The van der Waals surface area contributed by atoms with Gasteiger partial charge in [-0.15, -0.1) is 0 Å². The monoisotopic (exact) mass is 263 g/mol. The average molecular weight is 264 g/mol. The van der Waals surface area contributed by atoms with E-state index in [1.165, 1.54) is 6.07 Å². The zero-order valence-corrected chi connectivity index (χ0v) is 10.9. The van der Waals surface area contributed by atoms with Crippen LogP contribution < -0.4 is 5.32 Å². The zero-order chi connectivity index (χ0) is 13.0. The molecule has 1 atom stereocenters. The summed E-state index contributed by atoms with van der Waals surface area (Å²) in [7, 11) is 1.83. The maximum absolute atomic E-state index is 13.8. The van der Waals surface area contributed by atoms with Crippen molar-refractivity contribution < 1.29 is 4.39 Å². The lowest BCUT2D eigenvalue weighted by Gasteiger charge is -2.18. The number of likely N-dealkylation sites (N-methyl/N-ethyl adjacent to an activating group) is 1. The van der Waals surface area contributed by atoms with E-state index in [2.05, 4.69) is 5.32 Å². The van der Waals surface area contributed by atoms with E-state index in [0.29, 0.717) is 17.0 Å². The Morgan fingerprint density at radius 1 is 1.11 bits per heavy atom. The summed E-state index contributed by atoms with van der Waals surface area (Å²) in [5.74, 6) is -0.191. The van der Waals surface area contributed by atoms with E-state index in [1.54, 1.807) is 12.1 Å². The molecule has 1 N–H and O–H groups in total. The van der Waals surface area contributed by atoms with Crippen LogP contribution in [0.25, 0.3) is 0 Å². The molecular formula is C15H15ClFN. The van der Waals surface area contributed by atoms with Gasteiger partial charge in [0.05, 0.1) is 0 Å². The molecule has 0 bridgehead atoms. The van der Waals surface area contributed by atoms with Gasteiger partial charge in [0.15, 0.2) is 0 Å². The first kappa shape index (κ1) is 13.1. The third-order valence-electron chi connectivity index (χ3n) is 3.01. The van der Waals surface area contributed by atoms with Crippen LogP contribution in [0.15, 0.2) is 48.5 Å². The van der Waals surface area contributed by atoms with Crippen molar-refractivity contribution in [1.82, 2.24) is 5.32 Å². The molecule has 0 saturated heterocycles. The van der Waals surface area contributed by atoms with Gasteiger partial charge in [-0.25, -0.2) is 4.39 Å². The first-order chi connectivity index (χ1) is 8.72. The summed E-state index contributed by atoms with van der Waals surface area (Å²) in [4.78, 5) is 0. The third kappa shape index (κ3) is 2.89. The van der Waals surface area contributed by atoms with Crippen LogP contribution >= 0.6 is 11.6 Å². The van der Waals surface area contributed by atoms with Gasteiger partial charge in [-0.3, -0.25) is 0 Å². The summed E-state index contributed by atoms with van der Waals surface area (Å²) in [6.07, 6.45) is 0.664. The minimum absolute atomic E-state index is 0.0777. The van der Waals surface area contributed by atoms with Crippen molar-refractivity contribution in [2.24, 2.45) is 0 Å². The van der Waals surface area contributed by atoms with Crippen molar-refractivity contribution in [1.29, 1.82) is 0 Å². The van der Waals surface area contributed by atoms with Crippen molar-refractivity contribution >= 4 is 11.6 Å². The lowest BCUT2D eigenvalue weighted by molar-refractivity contribution is 0.534. The SMILES string of the molecule is CNC(Cc1ccccc1Cl)c1ccccc1F. The Kier molecular flexibility index (Phi) is 4.34. The smallest absolute Gasteiger partial charge is 0.127 e. The first-order valence-electron chi connectivity index (χ1n) is 5.87. The Hall–Kier alpha value is -1.38. The number of halogens is 2. The normalized spacial score (nSPS) is 12.4. The fourth-order valence-electron chi connectivity index (χ4n) is 2.01. The molecule has 2 rings (SSSR count). The van der Waals surface area contributed by atoms with Gasteiger partial charge >= 0.3 is 0 Å². The van der Waals surface area contributed by atoms with Crippen LogP contribution in [0.5, 0.6) is 0 Å². The van der Waals surface area contributed by atoms with Crippen LogP contribution in [-0.4, -0.2) is 7.05 Å². The maximum atomic E-state index is 13.8. The number of benzene rings is 2. The fourth-order valence-corrected chi connectivity index (χ4v) is 2.22. The Morgan fingerprint density at radius 3 is 2.44 bits per heavy atom. The summed E-state index contributed by atoms with van der Waals surface area (Å²) in [5.41, 5.74) is 1.68. The average Bonchev–Trinajstić information content (AvgIpc) is 2.39. The summed E-state index contributed by atoms with van der Waals surface area (Å²) in [6.45, 7) is 0. The van der Waals surface area contributed by atoms with Gasteiger partial charge in [-0.1, -0.05) is 48.0 Å². The molecule has 0 amide bonds. The molecule has 0 aliphatic rings. The van der Waals surface area contributed by atoms with Gasteiger partial charge in [0.1, 0.15) is 5.82 Å². The topological polar surface area (TPSA) is 12.0 Å². The first-order valence-corrected chi connectivity index (χ1v) is 6.25. The van der Waals surface area contributed by atoms with Gasteiger partial charge in [0.25, 0.3) is 0 Å². The molecule has 0 heterocycles. The highest BCUT2D eigenvalue weighted by molar-refractivity contribution is 6.31. The zero-order valence-electron chi connectivity index (χ0n) is 10.2. The van der Waals surface area contributed by atoms with Crippen molar-refractivity contribution in [3.63, 3.8) is 0 Å². The number of hydrogen-bond donors (Lipinski definition) is 1. The van der Waals surface area contributed by atoms with Crippen LogP contribution in [0.2, 0.25) is 5.02 Å². The predicted molar refractivity (Wildman–Crippen MR) is 73.4 cm³/mol. The molecule has 0 aliphatic heterocycles. The molecule has 18 heavy (non-hydrogen) atoms. The summed E-state index contributed by atoms with van der Waals surface area (Å²) < 4.78 is 13.8. The summed E-state index contributed by atoms with van der Waals surface area (Å²) in [5, 5.41) is 3.85. The Labute approximate surface area is 112 Å². The highest BCUT2D eigenvalue weighted by Gasteiger charge is 2.15.